The van der Waals surface area contributed by atoms with Crippen molar-refractivity contribution in [1.29, 1.82) is 0 Å². The number of aromatic nitrogens is 1. The number of hydrogen-bond donors (Lipinski definition) is 1. The first-order valence-electron chi connectivity index (χ1n) is 5.43. The second kappa shape index (κ2) is 5.71. The molecule has 0 fully saturated rings. The number of hydrogen-bond acceptors (Lipinski definition) is 5. The van der Waals surface area contributed by atoms with Gasteiger partial charge >= 0.3 is 0 Å². The predicted molar refractivity (Wildman–Crippen MR) is 76.4 cm³/mol. The third kappa shape index (κ3) is 2.91. The van der Waals surface area contributed by atoms with Crippen molar-refractivity contribution < 1.29 is 4.74 Å². The van der Waals surface area contributed by atoms with Crippen molar-refractivity contribution in [2.75, 3.05) is 25.3 Å². The third-order valence-electron chi connectivity index (χ3n) is 2.39. The van der Waals surface area contributed by atoms with Crippen LogP contribution >= 0.6 is 23.1 Å². The van der Waals surface area contributed by atoms with E-state index >= 15 is 0 Å². The number of thioether (sulfide) groups is 1. The van der Waals surface area contributed by atoms with Gasteiger partial charge in [-0.05, 0) is 25.3 Å². The molecule has 1 aromatic heterocycles. The molecule has 92 valence electrons. The maximum Gasteiger partial charge on any atom is 0.184 e. The molecule has 2 rings (SSSR count). The topological polar surface area (TPSA) is 34.1 Å². The molecular formula is C12H16N2OS2. The summed E-state index contributed by atoms with van der Waals surface area (Å²) in [6.45, 7) is 2.77. The molecule has 1 heterocycles. The van der Waals surface area contributed by atoms with E-state index in [1.165, 1.54) is 9.60 Å². The molecule has 0 amide bonds. The summed E-state index contributed by atoms with van der Waals surface area (Å²) in [5.74, 6) is 0. The van der Waals surface area contributed by atoms with Gasteiger partial charge in [0.25, 0.3) is 0 Å². The Hall–Kier alpha value is -0.780. The van der Waals surface area contributed by atoms with E-state index in [9.17, 15) is 0 Å². The lowest BCUT2D eigenvalue weighted by Crippen LogP contribution is -2.20. The number of methoxy groups -OCH3 is 1. The zero-order valence-corrected chi connectivity index (χ0v) is 11.8. The third-order valence-corrected chi connectivity index (χ3v) is 4.11. The van der Waals surface area contributed by atoms with Crippen molar-refractivity contribution in [3.8, 4) is 0 Å². The Balaban J connectivity index is 2.25. The number of benzene rings is 1. The first-order chi connectivity index (χ1) is 8.24. The molecule has 1 atom stereocenters. The van der Waals surface area contributed by atoms with Crippen LogP contribution in [0.3, 0.4) is 0 Å². The number of ether oxygens (including phenoxy) is 1. The number of thiazole rings is 1. The van der Waals surface area contributed by atoms with Gasteiger partial charge in [-0.3, -0.25) is 0 Å². The maximum absolute atomic E-state index is 5.11. The van der Waals surface area contributed by atoms with Crippen LogP contribution < -0.4 is 5.32 Å². The van der Waals surface area contributed by atoms with Gasteiger partial charge in [-0.2, -0.15) is 0 Å². The fourth-order valence-corrected chi connectivity index (χ4v) is 3.28. The molecule has 0 saturated carbocycles. The average molecular weight is 268 g/mol. The normalized spacial score (nSPS) is 12.9. The molecular weight excluding hydrogens is 252 g/mol. The first kappa shape index (κ1) is 12.7. The molecule has 0 aliphatic heterocycles. The zero-order chi connectivity index (χ0) is 12.3. The fraction of sp³-hybridized carbons (Fsp3) is 0.417. The summed E-state index contributed by atoms with van der Waals surface area (Å²) in [5.41, 5.74) is 1.09. The van der Waals surface area contributed by atoms with Crippen LogP contribution in [0.4, 0.5) is 5.13 Å². The van der Waals surface area contributed by atoms with Crippen molar-refractivity contribution in [2.24, 2.45) is 0 Å². The van der Waals surface area contributed by atoms with E-state index in [1.54, 1.807) is 30.2 Å². The van der Waals surface area contributed by atoms with Crippen LogP contribution in [-0.4, -0.2) is 31.0 Å². The van der Waals surface area contributed by atoms with E-state index in [2.05, 4.69) is 41.7 Å². The smallest absolute Gasteiger partial charge is 0.184 e. The summed E-state index contributed by atoms with van der Waals surface area (Å²) >= 11 is 3.42. The van der Waals surface area contributed by atoms with E-state index in [1.807, 2.05) is 0 Å². The highest BCUT2D eigenvalue weighted by molar-refractivity contribution is 7.98. The molecule has 0 aliphatic rings. The Bertz CT molecular complexity index is 498. The highest BCUT2D eigenvalue weighted by Gasteiger charge is 2.09. The summed E-state index contributed by atoms with van der Waals surface area (Å²) in [4.78, 5) is 5.86. The van der Waals surface area contributed by atoms with Crippen LogP contribution in [0.1, 0.15) is 6.92 Å². The highest BCUT2D eigenvalue weighted by atomic mass is 32.2. The Morgan fingerprint density at radius 1 is 1.53 bits per heavy atom. The van der Waals surface area contributed by atoms with Gasteiger partial charge in [0, 0.05) is 18.0 Å². The van der Waals surface area contributed by atoms with Crippen molar-refractivity contribution in [2.45, 2.75) is 17.9 Å². The number of fused-ring (bicyclic) bond motifs is 1. The molecule has 17 heavy (non-hydrogen) atoms. The van der Waals surface area contributed by atoms with Crippen LogP contribution in [0.15, 0.2) is 23.1 Å². The summed E-state index contributed by atoms with van der Waals surface area (Å²) in [7, 11) is 1.71. The minimum absolute atomic E-state index is 0.276. The molecule has 3 nitrogen and oxygen atoms in total. The van der Waals surface area contributed by atoms with Gasteiger partial charge in [0.1, 0.15) is 0 Å². The zero-order valence-electron chi connectivity index (χ0n) is 10.2. The van der Waals surface area contributed by atoms with Gasteiger partial charge in [0.05, 0.1) is 16.8 Å². The minimum Gasteiger partial charge on any atom is -0.383 e. The van der Waals surface area contributed by atoms with Crippen LogP contribution in [0.25, 0.3) is 10.2 Å². The Morgan fingerprint density at radius 2 is 2.35 bits per heavy atom. The summed E-state index contributed by atoms with van der Waals surface area (Å²) in [6, 6.07) is 6.57. The minimum atomic E-state index is 0.276. The van der Waals surface area contributed by atoms with E-state index in [-0.39, 0.29) is 6.04 Å². The number of para-hydroxylation sites is 1. The lowest BCUT2D eigenvalue weighted by atomic mass is 10.3. The Kier molecular flexibility index (Phi) is 4.25. The monoisotopic (exact) mass is 268 g/mol. The van der Waals surface area contributed by atoms with Crippen molar-refractivity contribution in [1.82, 2.24) is 4.98 Å². The van der Waals surface area contributed by atoms with Crippen LogP contribution in [0.5, 0.6) is 0 Å². The molecule has 0 radical (unpaired) electrons. The van der Waals surface area contributed by atoms with E-state index < -0.39 is 0 Å². The van der Waals surface area contributed by atoms with Gasteiger partial charge in [0.15, 0.2) is 5.13 Å². The highest BCUT2D eigenvalue weighted by Crippen LogP contribution is 2.32. The molecule has 5 heteroatoms. The van der Waals surface area contributed by atoms with Crippen LogP contribution in [0, 0.1) is 0 Å². The van der Waals surface area contributed by atoms with Crippen LogP contribution in [-0.2, 0) is 4.74 Å². The number of rotatable bonds is 5. The summed E-state index contributed by atoms with van der Waals surface area (Å²) in [5, 5.41) is 4.32. The second-order valence-electron chi connectivity index (χ2n) is 3.83. The van der Waals surface area contributed by atoms with Crippen molar-refractivity contribution in [3.63, 3.8) is 0 Å². The number of nitrogens with zero attached hydrogens (tertiary/aromatic N) is 1. The van der Waals surface area contributed by atoms with Crippen molar-refractivity contribution >= 4 is 38.4 Å². The van der Waals surface area contributed by atoms with Crippen molar-refractivity contribution in [3.05, 3.63) is 18.2 Å². The van der Waals surface area contributed by atoms with E-state index in [4.69, 9.17) is 4.74 Å². The molecule has 0 bridgehead atoms. The second-order valence-corrected chi connectivity index (χ2v) is 5.71. The van der Waals surface area contributed by atoms with Gasteiger partial charge in [0.2, 0.25) is 0 Å². The standard InChI is InChI=1S/C12H16N2OS2/c1-8(7-15-2)13-12-14-11-9(16-3)5-4-6-10(11)17-12/h4-6,8H,7H2,1-3H3,(H,13,14). The average Bonchev–Trinajstić information content (AvgIpc) is 2.70. The van der Waals surface area contributed by atoms with E-state index in [0.717, 1.165) is 10.6 Å². The number of anilines is 1. The summed E-state index contributed by atoms with van der Waals surface area (Å²) < 4.78 is 6.33. The number of nitrogens with one attached hydrogen (secondary N) is 1. The summed E-state index contributed by atoms with van der Waals surface area (Å²) in [6.07, 6.45) is 2.08. The fourth-order valence-electron chi connectivity index (χ4n) is 1.65. The first-order valence-corrected chi connectivity index (χ1v) is 7.47. The SMILES string of the molecule is COCC(C)Nc1nc2c(SC)cccc2s1. The molecule has 2 aromatic rings. The van der Waals surface area contributed by atoms with E-state index in [0.29, 0.717) is 6.61 Å². The quantitative estimate of drug-likeness (QED) is 0.842. The Morgan fingerprint density at radius 3 is 3.06 bits per heavy atom. The maximum atomic E-state index is 5.11. The molecule has 1 unspecified atom stereocenters. The van der Waals surface area contributed by atoms with Gasteiger partial charge < -0.3 is 10.1 Å². The largest absolute Gasteiger partial charge is 0.383 e. The van der Waals surface area contributed by atoms with Crippen LogP contribution in [0.2, 0.25) is 0 Å². The Labute approximate surface area is 110 Å². The van der Waals surface area contributed by atoms with Gasteiger partial charge in [-0.15, -0.1) is 11.8 Å². The van der Waals surface area contributed by atoms with Gasteiger partial charge in [-0.1, -0.05) is 17.4 Å². The molecule has 0 spiro atoms. The predicted octanol–water partition coefficient (Wildman–Crippen LogP) is 3.47. The lowest BCUT2D eigenvalue weighted by molar-refractivity contribution is 0.190. The molecule has 0 aliphatic carbocycles. The van der Waals surface area contributed by atoms with Gasteiger partial charge in [-0.25, -0.2) is 4.98 Å². The molecule has 1 N–H and O–H groups in total. The molecule has 1 aromatic carbocycles. The lowest BCUT2D eigenvalue weighted by Gasteiger charge is -2.10. The molecule has 0 saturated heterocycles.